The van der Waals surface area contributed by atoms with Crippen LogP contribution in [0.15, 0.2) is 61.2 Å². The molecule has 3 rings (SSSR count). The monoisotopic (exact) mass is 279 g/mol. The molecule has 2 aromatic heterocycles. The fourth-order valence-electron chi connectivity index (χ4n) is 2.28. The third-order valence-electron chi connectivity index (χ3n) is 3.42. The maximum absolute atomic E-state index is 11.6. The van der Waals surface area contributed by atoms with Gasteiger partial charge in [0.2, 0.25) is 0 Å². The molecule has 2 heterocycles. The van der Waals surface area contributed by atoms with Crippen LogP contribution >= 0.6 is 0 Å². The number of carbonyl (C=O) groups is 1. The van der Waals surface area contributed by atoms with Crippen molar-refractivity contribution in [1.82, 2.24) is 14.3 Å². The maximum atomic E-state index is 11.6. The van der Waals surface area contributed by atoms with Crippen molar-refractivity contribution in [2.24, 2.45) is 0 Å². The van der Waals surface area contributed by atoms with E-state index in [4.69, 9.17) is 0 Å². The summed E-state index contributed by atoms with van der Waals surface area (Å²) in [4.78, 5) is 11.6. The highest BCUT2D eigenvalue weighted by Crippen LogP contribution is 2.11. The minimum absolute atomic E-state index is 0.175. The number of aromatic nitrogens is 3. The number of Topliss-reactive ketones (excluding diaryl/α,β-unsaturated/α-hetero) is 1. The second kappa shape index (κ2) is 5.79. The molecule has 106 valence electrons. The van der Waals surface area contributed by atoms with Gasteiger partial charge in [0.05, 0.1) is 18.4 Å². The highest BCUT2D eigenvalue weighted by Gasteiger charge is 2.06. The lowest BCUT2D eigenvalue weighted by molar-refractivity contribution is 0.0988. The normalized spacial score (nSPS) is 10.7. The van der Waals surface area contributed by atoms with Crippen LogP contribution in [0.25, 0.3) is 5.69 Å². The van der Waals surface area contributed by atoms with E-state index in [-0.39, 0.29) is 5.78 Å². The van der Waals surface area contributed by atoms with Crippen LogP contribution in [0.5, 0.6) is 0 Å². The van der Waals surface area contributed by atoms with Gasteiger partial charge in [0.15, 0.2) is 5.78 Å². The van der Waals surface area contributed by atoms with E-state index >= 15 is 0 Å². The highest BCUT2D eigenvalue weighted by atomic mass is 16.1. The van der Waals surface area contributed by atoms with E-state index in [2.05, 4.69) is 5.10 Å². The van der Waals surface area contributed by atoms with Gasteiger partial charge in [-0.05, 0) is 18.2 Å². The third-order valence-corrected chi connectivity index (χ3v) is 3.42. The molecule has 0 amide bonds. The number of nitrogens with zero attached hydrogens (tertiary/aromatic N) is 3. The second-order valence-electron chi connectivity index (χ2n) is 4.98. The van der Waals surface area contributed by atoms with Crippen LogP contribution in [-0.4, -0.2) is 20.1 Å². The first-order valence-electron chi connectivity index (χ1n) is 7.04. The van der Waals surface area contributed by atoms with Crippen LogP contribution in [0.4, 0.5) is 0 Å². The van der Waals surface area contributed by atoms with E-state index in [0.717, 1.165) is 16.8 Å². The zero-order valence-electron chi connectivity index (χ0n) is 11.9. The zero-order chi connectivity index (χ0) is 14.7. The Morgan fingerprint density at radius 3 is 2.71 bits per heavy atom. The maximum Gasteiger partial charge on any atom is 0.164 e. The van der Waals surface area contributed by atoms with Gasteiger partial charge in [0, 0.05) is 36.1 Å². The first kappa shape index (κ1) is 13.4. The number of benzene rings is 1. The summed E-state index contributed by atoms with van der Waals surface area (Å²) in [6, 6.07) is 11.9. The Morgan fingerprint density at radius 1 is 1.14 bits per heavy atom. The Bertz CT molecular complexity index is 740. The Labute approximate surface area is 123 Å². The van der Waals surface area contributed by atoms with Crippen molar-refractivity contribution in [2.75, 3.05) is 0 Å². The van der Waals surface area contributed by atoms with Crippen molar-refractivity contribution in [3.05, 3.63) is 72.3 Å². The number of ketones is 1. The van der Waals surface area contributed by atoms with Gasteiger partial charge in [-0.25, -0.2) is 4.68 Å². The van der Waals surface area contributed by atoms with Crippen molar-refractivity contribution in [1.29, 1.82) is 0 Å². The summed E-state index contributed by atoms with van der Waals surface area (Å²) in [6.45, 7) is 2.59. The van der Waals surface area contributed by atoms with Crippen molar-refractivity contribution in [3.8, 4) is 5.69 Å². The summed E-state index contributed by atoms with van der Waals surface area (Å²) in [5.41, 5.74) is 2.91. The lowest BCUT2D eigenvalue weighted by Gasteiger charge is -2.00. The molecule has 3 aromatic rings. The Kier molecular flexibility index (Phi) is 3.69. The number of rotatable bonds is 5. The van der Waals surface area contributed by atoms with Gasteiger partial charge in [-0.15, -0.1) is 0 Å². The molecule has 0 saturated heterocycles. The van der Waals surface area contributed by atoms with Crippen molar-refractivity contribution in [2.45, 2.75) is 19.9 Å². The molecule has 0 atom stereocenters. The van der Waals surface area contributed by atoms with Gasteiger partial charge in [-0.1, -0.05) is 25.1 Å². The Hall–Kier alpha value is -2.62. The minimum atomic E-state index is 0.175. The summed E-state index contributed by atoms with van der Waals surface area (Å²) < 4.78 is 3.87. The van der Waals surface area contributed by atoms with Gasteiger partial charge >= 0.3 is 0 Å². The minimum Gasteiger partial charge on any atom is -0.349 e. The third kappa shape index (κ3) is 2.94. The second-order valence-corrected chi connectivity index (χ2v) is 4.98. The van der Waals surface area contributed by atoms with E-state index in [1.54, 1.807) is 0 Å². The SMILES string of the molecule is CCC(=O)c1ccn(Cc2cnn(-c3ccccc3)c2)c1. The number of carbonyl (C=O) groups excluding carboxylic acids is 1. The summed E-state index contributed by atoms with van der Waals surface area (Å²) in [6.07, 6.45) is 8.23. The standard InChI is InChI=1S/C17H17N3O/c1-2-17(21)15-8-9-19(13-15)11-14-10-18-20(12-14)16-6-4-3-5-7-16/h3-10,12-13H,2,11H2,1H3. The first-order chi connectivity index (χ1) is 10.3. The molecule has 0 N–H and O–H groups in total. The van der Waals surface area contributed by atoms with Crippen molar-refractivity contribution >= 4 is 5.78 Å². The number of para-hydroxylation sites is 1. The summed E-state index contributed by atoms with van der Waals surface area (Å²) in [5.74, 6) is 0.175. The Balaban J connectivity index is 1.76. The fourth-order valence-corrected chi connectivity index (χ4v) is 2.28. The summed E-state index contributed by atoms with van der Waals surface area (Å²) >= 11 is 0. The molecule has 0 aliphatic heterocycles. The summed E-state index contributed by atoms with van der Waals surface area (Å²) in [5, 5.41) is 4.38. The average Bonchev–Trinajstić information content (AvgIpc) is 3.17. The van der Waals surface area contributed by atoms with E-state index in [9.17, 15) is 4.79 Å². The van der Waals surface area contributed by atoms with Crippen LogP contribution in [0.3, 0.4) is 0 Å². The van der Waals surface area contributed by atoms with Crippen molar-refractivity contribution < 1.29 is 4.79 Å². The van der Waals surface area contributed by atoms with Gasteiger partial charge in [0.25, 0.3) is 0 Å². The largest absolute Gasteiger partial charge is 0.349 e. The van der Waals surface area contributed by atoms with Crippen LogP contribution in [0, 0.1) is 0 Å². The predicted octanol–water partition coefficient (Wildman–Crippen LogP) is 3.31. The van der Waals surface area contributed by atoms with Gasteiger partial charge in [-0.3, -0.25) is 4.79 Å². The van der Waals surface area contributed by atoms with Crippen LogP contribution in [0.1, 0.15) is 29.3 Å². The molecular formula is C17H17N3O. The van der Waals surface area contributed by atoms with E-state index in [0.29, 0.717) is 13.0 Å². The lowest BCUT2D eigenvalue weighted by atomic mass is 10.2. The van der Waals surface area contributed by atoms with Gasteiger partial charge in [0.1, 0.15) is 0 Å². The molecule has 21 heavy (non-hydrogen) atoms. The smallest absolute Gasteiger partial charge is 0.164 e. The molecule has 0 bridgehead atoms. The quantitative estimate of drug-likeness (QED) is 0.672. The molecule has 0 aliphatic rings. The van der Waals surface area contributed by atoms with Crippen molar-refractivity contribution in [3.63, 3.8) is 0 Å². The van der Waals surface area contributed by atoms with Gasteiger partial charge in [-0.2, -0.15) is 5.10 Å². The van der Waals surface area contributed by atoms with E-state index < -0.39 is 0 Å². The molecule has 4 nitrogen and oxygen atoms in total. The molecular weight excluding hydrogens is 262 g/mol. The molecule has 1 aromatic carbocycles. The topological polar surface area (TPSA) is 39.8 Å². The first-order valence-corrected chi connectivity index (χ1v) is 7.04. The van der Waals surface area contributed by atoms with E-state index in [1.807, 2.05) is 77.4 Å². The number of hydrogen-bond donors (Lipinski definition) is 0. The molecule has 0 radical (unpaired) electrons. The van der Waals surface area contributed by atoms with Crippen LogP contribution in [0.2, 0.25) is 0 Å². The lowest BCUT2D eigenvalue weighted by Crippen LogP contribution is -1.97. The molecule has 4 heteroatoms. The van der Waals surface area contributed by atoms with Gasteiger partial charge < -0.3 is 4.57 Å². The molecule has 0 saturated carbocycles. The van der Waals surface area contributed by atoms with E-state index in [1.165, 1.54) is 0 Å². The fraction of sp³-hybridized carbons (Fsp3) is 0.176. The number of hydrogen-bond acceptors (Lipinski definition) is 2. The van der Waals surface area contributed by atoms with Crippen LogP contribution < -0.4 is 0 Å². The Morgan fingerprint density at radius 2 is 1.95 bits per heavy atom. The molecule has 0 unspecified atom stereocenters. The molecule has 0 fully saturated rings. The zero-order valence-corrected chi connectivity index (χ0v) is 11.9. The predicted molar refractivity (Wildman–Crippen MR) is 81.7 cm³/mol. The highest BCUT2D eigenvalue weighted by molar-refractivity contribution is 5.95. The average molecular weight is 279 g/mol. The molecule has 0 spiro atoms. The summed E-state index contributed by atoms with van der Waals surface area (Å²) in [7, 11) is 0. The van der Waals surface area contributed by atoms with Crippen LogP contribution in [-0.2, 0) is 6.54 Å². The molecule has 0 aliphatic carbocycles.